The lowest BCUT2D eigenvalue weighted by Crippen LogP contribution is -1.99. The van der Waals surface area contributed by atoms with Crippen LogP contribution in [0.5, 0.6) is 5.75 Å². The molecule has 0 atom stereocenters. The van der Waals surface area contributed by atoms with E-state index in [1.54, 1.807) is 6.92 Å². The first-order valence-electron chi connectivity index (χ1n) is 3.86. The van der Waals surface area contributed by atoms with Crippen LogP contribution in [0.3, 0.4) is 0 Å². The molecule has 0 saturated carbocycles. The minimum absolute atomic E-state index is 0.0509. The van der Waals surface area contributed by atoms with Crippen molar-refractivity contribution in [3.63, 3.8) is 0 Å². The smallest absolute Gasteiger partial charge is 0.159 e. The highest BCUT2D eigenvalue weighted by atomic mass is 35.5. The predicted molar refractivity (Wildman–Crippen MR) is 49.8 cm³/mol. The molecule has 0 bridgehead atoms. The van der Waals surface area contributed by atoms with E-state index in [1.807, 2.05) is 12.1 Å². The fourth-order valence-electron chi connectivity index (χ4n) is 0.944. The Balaban J connectivity index is 3.39. The molecule has 0 N–H and O–H groups in total. The number of nitriles is 2. The van der Waals surface area contributed by atoms with E-state index in [0.717, 1.165) is 0 Å². The van der Waals surface area contributed by atoms with Crippen LogP contribution in [0.4, 0.5) is 0 Å². The SMILES string of the molecule is CCOc1c(C#N)cnc(Cl)c1C#N. The third-order valence-electron chi connectivity index (χ3n) is 1.51. The number of ether oxygens (including phenoxy) is 1. The molecule has 1 aromatic heterocycles. The van der Waals surface area contributed by atoms with Crippen molar-refractivity contribution >= 4 is 11.6 Å². The molecule has 0 amide bonds. The van der Waals surface area contributed by atoms with Crippen LogP contribution in [0.1, 0.15) is 18.1 Å². The van der Waals surface area contributed by atoms with Crippen molar-refractivity contribution in [2.75, 3.05) is 6.61 Å². The van der Waals surface area contributed by atoms with Crippen molar-refractivity contribution in [2.45, 2.75) is 6.92 Å². The Kier molecular flexibility index (Phi) is 3.28. The Morgan fingerprint density at radius 1 is 1.50 bits per heavy atom. The summed E-state index contributed by atoms with van der Waals surface area (Å²) in [6.45, 7) is 2.13. The quantitative estimate of drug-likeness (QED) is 0.695. The molecule has 0 aliphatic rings. The molecule has 0 aliphatic carbocycles. The standard InChI is InChI=1S/C9H6ClN3O/c1-2-14-8-6(3-11)5-13-9(10)7(8)4-12/h5H,2H2,1H3. The van der Waals surface area contributed by atoms with Gasteiger partial charge in [-0.15, -0.1) is 0 Å². The molecule has 1 heterocycles. The summed E-state index contributed by atoms with van der Waals surface area (Å²) in [5.41, 5.74) is 0.320. The number of hydrogen-bond acceptors (Lipinski definition) is 4. The van der Waals surface area contributed by atoms with Crippen LogP contribution in [0.2, 0.25) is 5.15 Å². The average Bonchev–Trinajstić information content (AvgIpc) is 2.19. The van der Waals surface area contributed by atoms with Crippen LogP contribution in [0.25, 0.3) is 0 Å². The molecule has 5 heteroatoms. The van der Waals surface area contributed by atoms with E-state index in [1.165, 1.54) is 6.20 Å². The van der Waals surface area contributed by atoms with Gasteiger partial charge < -0.3 is 4.74 Å². The van der Waals surface area contributed by atoms with Gasteiger partial charge in [-0.2, -0.15) is 10.5 Å². The zero-order valence-corrected chi connectivity index (χ0v) is 8.17. The first-order valence-corrected chi connectivity index (χ1v) is 4.23. The third-order valence-corrected chi connectivity index (χ3v) is 1.79. The van der Waals surface area contributed by atoms with Crippen LogP contribution in [0.15, 0.2) is 6.20 Å². The van der Waals surface area contributed by atoms with Crippen molar-refractivity contribution in [3.05, 3.63) is 22.5 Å². The molecule has 0 unspecified atom stereocenters. The predicted octanol–water partition coefficient (Wildman–Crippen LogP) is 1.88. The van der Waals surface area contributed by atoms with Crippen molar-refractivity contribution < 1.29 is 4.74 Å². The zero-order valence-electron chi connectivity index (χ0n) is 7.41. The van der Waals surface area contributed by atoms with Gasteiger partial charge in [0, 0.05) is 0 Å². The second-order valence-electron chi connectivity index (χ2n) is 2.32. The average molecular weight is 208 g/mol. The van der Waals surface area contributed by atoms with E-state index in [9.17, 15) is 0 Å². The third kappa shape index (κ3) is 1.76. The number of rotatable bonds is 2. The van der Waals surface area contributed by atoms with Crippen molar-refractivity contribution in [1.29, 1.82) is 10.5 Å². The molecule has 0 saturated heterocycles. The van der Waals surface area contributed by atoms with Gasteiger partial charge in [-0.1, -0.05) is 11.6 Å². The largest absolute Gasteiger partial charge is 0.491 e. The fraction of sp³-hybridized carbons (Fsp3) is 0.222. The number of halogens is 1. The molecule has 0 radical (unpaired) electrons. The Labute approximate surface area is 86.3 Å². The molecule has 0 aliphatic heterocycles. The van der Waals surface area contributed by atoms with Gasteiger partial charge in [-0.3, -0.25) is 0 Å². The number of pyridine rings is 1. The molecule has 4 nitrogen and oxygen atoms in total. The second-order valence-corrected chi connectivity index (χ2v) is 2.68. The molecular formula is C9H6ClN3O. The topological polar surface area (TPSA) is 69.7 Å². The van der Waals surface area contributed by atoms with Gasteiger partial charge in [-0.25, -0.2) is 4.98 Å². The van der Waals surface area contributed by atoms with Crippen LogP contribution < -0.4 is 4.74 Å². The van der Waals surface area contributed by atoms with E-state index in [-0.39, 0.29) is 22.0 Å². The minimum atomic E-state index is 0.0509. The molecule has 0 aromatic carbocycles. The zero-order chi connectivity index (χ0) is 10.6. The van der Waals surface area contributed by atoms with Crippen LogP contribution >= 0.6 is 11.6 Å². The molecule has 0 fully saturated rings. The van der Waals surface area contributed by atoms with Crippen molar-refractivity contribution in [1.82, 2.24) is 4.98 Å². The Hall–Kier alpha value is -1.78. The molecule has 14 heavy (non-hydrogen) atoms. The maximum atomic E-state index is 8.78. The van der Waals surface area contributed by atoms with Gasteiger partial charge in [0.15, 0.2) is 10.9 Å². The van der Waals surface area contributed by atoms with Crippen molar-refractivity contribution in [3.8, 4) is 17.9 Å². The molecule has 70 valence electrons. The summed E-state index contributed by atoms with van der Waals surface area (Å²) >= 11 is 5.67. The van der Waals surface area contributed by atoms with E-state index in [2.05, 4.69) is 4.98 Å². The monoisotopic (exact) mass is 207 g/mol. The normalized spacial score (nSPS) is 8.86. The van der Waals surface area contributed by atoms with Crippen LogP contribution in [0, 0.1) is 22.7 Å². The summed E-state index contributed by atoms with van der Waals surface area (Å²) in [6.07, 6.45) is 1.29. The van der Waals surface area contributed by atoms with Gasteiger partial charge in [0.25, 0.3) is 0 Å². The molecule has 1 rings (SSSR count). The summed E-state index contributed by atoms with van der Waals surface area (Å²) in [5, 5.41) is 17.6. The van der Waals surface area contributed by atoms with Gasteiger partial charge in [-0.05, 0) is 6.92 Å². The van der Waals surface area contributed by atoms with Crippen LogP contribution in [-0.4, -0.2) is 11.6 Å². The lowest BCUT2D eigenvalue weighted by atomic mass is 10.2. The van der Waals surface area contributed by atoms with Gasteiger partial charge >= 0.3 is 0 Å². The molecule has 0 spiro atoms. The van der Waals surface area contributed by atoms with Crippen molar-refractivity contribution in [2.24, 2.45) is 0 Å². The molecular weight excluding hydrogens is 202 g/mol. The van der Waals surface area contributed by atoms with E-state index >= 15 is 0 Å². The van der Waals surface area contributed by atoms with E-state index in [4.69, 9.17) is 26.9 Å². The van der Waals surface area contributed by atoms with E-state index in [0.29, 0.717) is 6.61 Å². The van der Waals surface area contributed by atoms with E-state index < -0.39 is 0 Å². The Bertz CT molecular complexity index is 431. The summed E-state index contributed by atoms with van der Waals surface area (Å²) in [5.74, 6) is 0.206. The molecule has 1 aromatic rings. The number of hydrogen-bond donors (Lipinski definition) is 0. The first kappa shape index (κ1) is 10.3. The summed E-state index contributed by atoms with van der Waals surface area (Å²) in [4.78, 5) is 3.70. The summed E-state index contributed by atoms with van der Waals surface area (Å²) in [6, 6.07) is 3.74. The Morgan fingerprint density at radius 2 is 2.21 bits per heavy atom. The fourth-order valence-corrected chi connectivity index (χ4v) is 1.12. The Morgan fingerprint density at radius 3 is 2.71 bits per heavy atom. The van der Waals surface area contributed by atoms with Gasteiger partial charge in [0.05, 0.1) is 12.8 Å². The maximum Gasteiger partial charge on any atom is 0.159 e. The summed E-state index contributed by atoms with van der Waals surface area (Å²) < 4.78 is 5.16. The number of aromatic nitrogens is 1. The van der Waals surface area contributed by atoms with Gasteiger partial charge in [0.1, 0.15) is 23.3 Å². The van der Waals surface area contributed by atoms with Crippen LogP contribution in [-0.2, 0) is 0 Å². The second kappa shape index (κ2) is 4.45. The lowest BCUT2D eigenvalue weighted by molar-refractivity contribution is 0.338. The highest BCUT2D eigenvalue weighted by Crippen LogP contribution is 2.27. The minimum Gasteiger partial charge on any atom is -0.491 e. The van der Waals surface area contributed by atoms with Gasteiger partial charge in [0.2, 0.25) is 0 Å². The highest BCUT2D eigenvalue weighted by molar-refractivity contribution is 6.30. The maximum absolute atomic E-state index is 8.78. The lowest BCUT2D eigenvalue weighted by Gasteiger charge is -2.06. The number of nitrogens with zero attached hydrogens (tertiary/aromatic N) is 3. The highest BCUT2D eigenvalue weighted by Gasteiger charge is 2.14. The summed E-state index contributed by atoms with van der Waals surface area (Å²) in [7, 11) is 0. The first-order chi connectivity index (χ1) is 6.74.